The number of hydrogen-bond donors (Lipinski definition) is 0. The first-order valence-electron chi connectivity index (χ1n) is 9.16. The lowest BCUT2D eigenvalue weighted by atomic mass is 9.90. The number of carbonyl (C=O) groups excluding carboxylic acids is 2. The SMILES string of the molecule is O=C(C1CCCN1C(=O)C(F)(F)F)N1CCC(Cc2ccc(F)cc2)CC1. The summed E-state index contributed by atoms with van der Waals surface area (Å²) in [7, 11) is 0. The second kappa shape index (κ2) is 7.86. The summed E-state index contributed by atoms with van der Waals surface area (Å²) in [5, 5.41) is 0. The van der Waals surface area contributed by atoms with Gasteiger partial charge in [0.15, 0.2) is 0 Å². The molecule has 148 valence electrons. The molecule has 1 atom stereocenters. The van der Waals surface area contributed by atoms with E-state index in [1.54, 1.807) is 17.0 Å². The highest BCUT2D eigenvalue weighted by Gasteiger charge is 2.48. The van der Waals surface area contributed by atoms with Gasteiger partial charge in [-0.15, -0.1) is 0 Å². The van der Waals surface area contributed by atoms with Crippen molar-refractivity contribution in [2.75, 3.05) is 19.6 Å². The molecular weight excluding hydrogens is 364 g/mol. The van der Waals surface area contributed by atoms with E-state index in [0.717, 1.165) is 24.8 Å². The molecule has 0 N–H and O–H groups in total. The highest BCUT2D eigenvalue weighted by atomic mass is 19.4. The number of alkyl halides is 3. The number of nitrogens with zero attached hydrogens (tertiary/aromatic N) is 2. The highest BCUT2D eigenvalue weighted by molar-refractivity contribution is 5.90. The molecule has 0 aromatic heterocycles. The zero-order chi connectivity index (χ0) is 19.6. The van der Waals surface area contributed by atoms with Gasteiger partial charge in [-0.2, -0.15) is 13.2 Å². The van der Waals surface area contributed by atoms with E-state index in [9.17, 15) is 27.2 Å². The molecule has 2 aliphatic rings. The third-order valence-electron chi connectivity index (χ3n) is 5.41. The number of likely N-dealkylation sites (tertiary alicyclic amines) is 2. The fourth-order valence-corrected chi connectivity index (χ4v) is 3.95. The Morgan fingerprint density at radius 3 is 2.22 bits per heavy atom. The van der Waals surface area contributed by atoms with Gasteiger partial charge < -0.3 is 9.80 Å². The van der Waals surface area contributed by atoms with Crippen molar-refractivity contribution >= 4 is 11.8 Å². The van der Waals surface area contributed by atoms with Crippen molar-refractivity contribution in [2.24, 2.45) is 5.92 Å². The highest BCUT2D eigenvalue weighted by Crippen LogP contribution is 2.28. The van der Waals surface area contributed by atoms with Crippen LogP contribution in [0.2, 0.25) is 0 Å². The van der Waals surface area contributed by atoms with E-state index in [1.807, 2.05) is 0 Å². The van der Waals surface area contributed by atoms with Crippen molar-refractivity contribution < 1.29 is 27.2 Å². The van der Waals surface area contributed by atoms with Gasteiger partial charge in [0, 0.05) is 19.6 Å². The molecule has 0 saturated carbocycles. The largest absolute Gasteiger partial charge is 0.471 e. The molecule has 2 amide bonds. The van der Waals surface area contributed by atoms with Crippen LogP contribution in [0, 0.1) is 11.7 Å². The smallest absolute Gasteiger partial charge is 0.341 e. The van der Waals surface area contributed by atoms with Gasteiger partial charge in [-0.25, -0.2) is 4.39 Å². The lowest BCUT2D eigenvalue weighted by Gasteiger charge is -2.35. The predicted molar refractivity (Wildman–Crippen MR) is 90.2 cm³/mol. The lowest BCUT2D eigenvalue weighted by Crippen LogP contribution is -2.52. The minimum atomic E-state index is -4.95. The van der Waals surface area contributed by atoms with Gasteiger partial charge in [0.25, 0.3) is 0 Å². The summed E-state index contributed by atoms with van der Waals surface area (Å²) in [6.07, 6.45) is -2.02. The van der Waals surface area contributed by atoms with Crippen LogP contribution in [0.5, 0.6) is 0 Å². The van der Waals surface area contributed by atoms with Crippen molar-refractivity contribution in [1.29, 1.82) is 0 Å². The fraction of sp³-hybridized carbons (Fsp3) is 0.579. The Morgan fingerprint density at radius 1 is 1.00 bits per heavy atom. The van der Waals surface area contributed by atoms with Crippen molar-refractivity contribution in [1.82, 2.24) is 9.80 Å². The van der Waals surface area contributed by atoms with E-state index in [0.29, 0.717) is 30.3 Å². The van der Waals surface area contributed by atoms with Crippen molar-refractivity contribution in [3.63, 3.8) is 0 Å². The Kier molecular flexibility index (Phi) is 5.72. The number of rotatable bonds is 3. The summed E-state index contributed by atoms with van der Waals surface area (Å²) in [5.74, 6) is -2.25. The van der Waals surface area contributed by atoms with Gasteiger partial charge in [-0.3, -0.25) is 9.59 Å². The van der Waals surface area contributed by atoms with E-state index in [-0.39, 0.29) is 24.7 Å². The minimum absolute atomic E-state index is 0.0320. The van der Waals surface area contributed by atoms with Gasteiger partial charge in [-0.1, -0.05) is 12.1 Å². The van der Waals surface area contributed by atoms with Gasteiger partial charge in [0.05, 0.1) is 0 Å². The molecule has 4 nitrogen and oxygen atoms in total. The maximum atomic E-state index is 13.0. The van der Waals surface area contributed by atoms with Crippen LogP contribution >= 0.6 is 0 Å². The molecule has 8 heteroatoms. The third-order valence-corrected chi connectivity index (χ3v) is 5.41. The summed E-state index contributed by atoms with van der Waals surface area (Å²) < 4.78 is 51.1. The van der Waals surface area contributed by atoms with Gasteiger partial charge in [0.1, 0.15) is 11.9 Å². The molecule has 0 spiro atoms. The Labute approximate surface area is 155 Å². The van der Waals surface area contributed by atoms with Crippen molar-refractivity contribution in [3.8, 4) is 0 Å². The average Bonchev–Trinajstić information content (AvgIpc) is 3.12. The van der Waals surface area contributed by atoms with Crippen LogP contribution in [-0.2, 0) is 16.0 Å². The number of piperidine rings is 1. The topological polar surface area (TPSA) is 40.6 Å². The molecule has 2 saturated heterocycles. The molecule has 0 radical (unpaired) electrons. The minimum Gasteiger partial charge on any atom is -0.341 e. The lowest BCUT2D eigenvalue weighted by molar-refractivity contribution is -0.187. The van der Waals surface area contributed by atoms with E-state index in [1.165, 1.54) is 12.1 Å². The first kappa shape index (κ1) is 19.6. The molecule has 2 fully saturated rings. The zero-order valence-electron chi connectivity index (χ0n) is 14.8. The van der Waals surface area contributed by atoms with E-state index in [4.69, 9.17) is 0 Å². The van der Waals surface area contributed by atoms with E-state index < -0.39 is 18.1 Å². The molecule has 27 heavy (non-hydrogen) atoms. The maximum absolute atomic E-state index is 13.0. The second-order valence-corrected chi connectivity index (χ2v) is 7.25. The first-order valence-corrected chi connectivity index (χ1v) is 9.16. The Morgan fingerprint density at radius 2 is 1.63 bits per heavy atom. The van der Waals surface area contributed by atoms with Crippen LogP contribution in [0.4, 0.5) is 17.6 Å². The van der Waals surface area contributed by atoms with Gasteiger partial charge in [0.2, 0.25) is 5.91 Å². The molecule has 1 aromatic carbocycles. The molecule has 3 rings (SSSR count). The summed E-state index contributed by atoms with van der Waals surface area (Å²) in [5.41, 5.74) is 1.03. The van der Waals surface area contributed by atoms with E-state index >= 15 is 0 Å². The molecular formula is C19H22F4N2O2. The number of amides is 2. The molecule has 0 aliphatic carbocycles. The van der Waals surface area contributed by atoms with E-state index in [2.05, 4.69) is 0 Å². The summed E-state index contributed by atoms with van der Waals surface area (Å²) >= 11 is 0. The summed E-state index contributed by atoms with van der Waals surface area (Å²) in [4.78, 5) is 26.5. The number of benzene rings is 1. The van der Waals surface area contributed by atoms with Crippen molar-refractivity contribution in [2.45, 2.75) is 44.3 Å². The van der Waals surface area contributed by atoms with Gasteiger partial charge >= 0.3 is 12.1 Å². The normalized spacial score (nSPS) is 21.6. The monoisotopic (exact) mass is 386 g/mol. The quantitative estimate of drug-likeness (QED) is 0.749. The maximum Gasteiger partial charge on any atom is 0.471 e. The fourth-order valence-electron chi connectivity index (χ4n) is 3.95. The Balaban J connectivity index is 1.55. The summed E-state index contributed by atoms with van der Waals surface area (Å²) in [6, 6.07) is 5.31. The van der Waals surface area contributed by atoms with Crippen LogP contribution < -0.4 is 0 Å². The van der Waals surface area contributed by atoms with Gasteiger partial charge in [-0.05, 0) is 55.7 Å². The van der Waals surface area contributed by atoms with Crippen LogP contribution in [0.1, 0.15) is 31.2 Å². The first-order chi connectivity index (χ1) is 12.8. The average molecular weight is 386 g/mol. The van der Waals surface area contributed by atoms with Crippen LogP contribution in [0.25, 0.3) is 0 Å². The molecule has 1 unspecified atom stereocenters. The van der Waals surface area contributed by atoms with Crippen LogP contribution in [0.15, 0.2) is 24.3 Å². The predicted octanol–water partition coefficient (Wildman–Crippen LogP) is 3.16. The number of carbonyl (C=O) groups is 2. The number of hydrogen-bond acceptors (Lipinski definition) is 2. The molecule has 1 aromatic rings. The number of halogens is 4. The summed E-state index contributed by atoms with van der Waals surface area (Å²) in [6.45, 7) is 0.903. The standard InChI is InChI=1S/C19H22F4N2O2/c20-15-5-3-13(4-6-15)12-14-7-10-24(11-8-14)17(26)16-2-1-9-25(16)18(27)19(21,22)23/h3-6,14,16H,1-2,7-12H2. The Bertz CT molecular complexity index is 682. The molecule has 2 heterocycles. The zero-order valence-corrected chi connectivity index (χ0v) is 14.8. The Hall–Kier alpha value is -2.12. The second-order valence-electron chi connectivity index (χ2n) is 7.25. The molecule has 0 bridgehead atoms. The van der Waals surface area contributed by atoms with Crippen LogP contribution in [-0.4, -0.2) is 53.5 Å². The van der Waals surface area contributed by atoms with Crippen LogP contribution in [0.3, 0.4) is 0 Å². The molecule has 2 aliphatic heterocycles. The van der Waals surface area contributed by atoms with Crippen molar-refractivity contribution in [3.05, 3.63) is 35.6 Å². The third kappa shape index (κ3) is 4.59.